The van der Waals surface area contributed by atoms with Crippen molar-refractivity contribution >= 4 is 11.8 Å². The van der Waals surface area contributed by atoms with Gasteiger partial charge < -0.3 is 0 Å². The van der Waals surface area contributed by atoms with E-state index in [-0.39, 0.29) is 0 Å². The molecular weight excluding hydrogens is 204 g/mol. The molecule has 0 aromatic rings. The van der Waals surface area contributed by atoms with Gasteiger partial charge in [-0.3, -0.25) is 11.3 Å². The maximum atomic E-state index is 5.67. The van der Waals surface area contributed by atoms with Gasteiger partial charge in [-0.2, -0.15) is 11.8 Å². The number of hydrazine groups is 1. The third kappa shape index (κ3) is 4.75. The van der Waals surface area contributed by atoms with E-state index in [1.807, 2.05) is 0 Å². The SMILES string of the molecule is CCC(C)SCC(NN)C1CCCCC1. The third-order valence-electron chi connectivity index (χ3n) is 3.57. The zero-order valence-corrected chi connectivity index (χ0v) is 11.0. The summed E-state index contributed by atoms with van der Waals surface area (Å²) in [4.78, 5) is 0. The molecule has 3 N–H and O–H groups in total. The summed E-state index contributed by atoms with van der Waals surface area (Å²) in [5.41, 5.74) is 3.03. The number of thioether (sulfide) groups is 1. The predicted molar refractivity (Wildman–Crippen MR) is 69.9 cm³/mol. The lowest BCUT2D eigenvalue weighted by Gasteiger charge is -2.30. The average molecular weight is 230 g/mol. The Kier molecular flexibility index (Phi) is 6.69. The van der Waals surface area contributed by atoms with E-state index in [4.69, 9.17) is 5.84 Å². The minimum absolute atomic E-state index is 0.532. The molecule has 0 amide bonds. The molecule has 1 aliphatic rings. The highest BCUT2D eigenvalue weighted by atomic mass is 32.2. The molecule has 1 fully saturated rings. The van der Waals surface area contributed by atoms with Crippen molar-refractivity contribution < 1.29 is 0 Å². The van der Waals surface area contributed by atoms with E-state index in [9.17, 15) is 0 Å². The average Bonchev–Trinajstić information content (AvgIpc) is 2.31. The minimum atomic E-state index is 0.532. The molecule has 3 heteroatoms. The second-order valence-electron chi connectivity index (χ2n) is 4.72. The van der Waals surface area contributed by atoms with Crippen molar-refractivity contribution in [3.8, 4) is 0 Å². The highest BCUT2D eigenvalue weighted by Gasteiger charge is 2.22. The molecule has 0 spiro atoms. The van der Waals surface area contributed by atoms with Gasteiger partial charge in [0.15, 0.2) is 0 Å². The fraction of sp³-hybridized carbons (Fsp3) is 1.00. The molecule has 0 bridgehead atoms. The molecule has 0 radical (unpaired) electrons. The Hall–Kier alpha value is 0.270. The fourth-order valence-corrected chi connectivity index (χ4v) is 3.38. The van der Waals surface area contributed by atoms with Crippen LogP contribution in [0.2, 0.25) is 0 Å². The van der Waals surface area contributed by atoms with Crippen LogP contribution in [0.15, 0.2) is 0 Å². The van der Waals surface area contributed by atoms with Crippen molar-refractivity contribution in [3.05, 3.63) is 0 Å². The smallest absolute Gasteiger partial charge is 0.0329 e. The van der Waals surface area contributed by atoms with Gasteiger partial charge in [-0.05, 0) is 25.2 Å². The second-order valence-corrected chi connectivity index (χ2v) is 6.19. The first-order valence-electron chi connectivity index (χ1n) is 6.35. The van der Waals surface area contributed by atoms with Crippen LogP contribution in [0.25, 0.3) is 0 Å². The van der Waals surface area contributed by atoms with Gasteiger partial charge in [-0.1, -0.05) is 33.1 Å². The number of rotatable bonds is 6. The van der Waals surface area contributed by atoms with Crippen LogP contribution in [-0.4, -0.2) is 17.0 Å². The monoisotopic (exact) mass is 230 g/mol. The molecule has 0 aromatic heterocycles. The number of hydrogen-bond acceptors (Lipinski definition) is 3. The zero-order valence-electron chi connectivity index (χ0n) is 10.2. The van der Waals surface area contributed by atoms with E-state index in [0.29, 0.717) is 6.04 Å². The van der Waals surface area contributed by atoms with Crippen LogP contribution >= 0.6 is 11.8 Å². The summed E-state index contributed by atoms with van der Waals surface area (Å²) in [7, 11) is 0. The first kappa shape index (κ1) is 13.3. The number of nitrogens with two attached hydrogens (primary N) is 1. The van der Waals surface area contributed by atoms with E-state index in [0.717, 1.165) is 11.2 Å². The van der Waals surface area contributed by atoms with Crippen molar-refractivity contribution in [1.82, 2.24) is 5.43 Å². The molecule has 2 nitrogen and oxygen atoms in total. The van der Waals surface area contributed by atoms with Crippen LogP contribution in [0.5, 0.6) is 0 Å². The van der Waals surface area contributed by atoms with Crippen molar-refractivity contribution in [2.45, 2.75) is 63.7 Å². The molecule has 1 rings (SSSR count). The highest BCUT2D eigenvalue weighted by Crippen LogP contribution is 2.28. The number of nitrogens with one attached hydrogen (secondary N) is 1. The first-order valence-corrected chi connectivity index (χ1v) is 7.40. The van der Waals surface area contributed by atoms with Crippen LogP contribution in [0.1, 0.15) is 52.4 Å². The molecule has 2 atom stereocenters. The summed E-state index contributed by atoms with van der Waals surface area (Å²) in [6.07, 6.45) is 8.22. The standard InChI is InChI=1S/C12H26N2S/c1-3-10(2)15-9-12(14-13)11-7-5-4-6-8-11/h10-12,14H,3-9,13H2,1-2H3. The summed E-state index contributed by atoms with van der Waals surface area (Å²) in [5, 5.41) is 0.768. The van der Waals surface area contributed by atoms with Crippen molar-refractivity contribution in [2.24, 2.45) is 11.8 Å². The van der Waals surface area contributed by atoms with E-state index in [1.165, 1.54) is 44.3 Å². The van der Waals surface area contributed by atoms with Crippen LogP contribution in [0.3, 0.4) is 0 Å². The Bertz CT molecular complexity index is 158. The Morgan fingerprint density at radius 2 is 2.00 bits per heavy atom. The molecule has 90 valence electrons. The van der Waals surface area contributed by atoms with Crippen molar-refractivity contribution in [3.63, 3.8) is 0 Å². The first-order chi connectivity index (χ1) is 7.27. The Balaban J connectivity index is 2.27. The van der Waals surface area contributed by atoms with Gasteiger partial charge in [-0.15, -0.1) is 0 Å². The lowest BCUT2D eigenvalue weighted by atomic mass is 9.85. The van der Waals surface area contributed by atoms with Gasteiger partial charge in [0.25, 0.3) is 0 Å². The zero-order chi connectivity index (χ0) is 11.1. The van der Waals surface area contributed by atoms with Gasteiger partial charge >= 0.3 is 0 Å². The van der Waals surface area contributed by atoms with E-state index in [2.05, 4.69) is 31.0 Å². The van der Waals surface area contributed by atoms with Gasteiger partial charge in [0.1, 0.15) is 0 Å². The molecule has 15 heavy (non-hydrogen) atoms. The molecule has 0 aromatic carbocycles. The Labute approximate surface area is 98.7 Å². The summed E-state index contributed by atoms with van der Waals surface area (Å²) in [5.74, 6) is 7.66. The van der Waals surface area contributed by atoms with Crippen LogP contribution in [-0.2, 0) is 0 Å². The molecular formula is C12H26N2S. The minimum Gasteiger partial charge on any atom is -0.271 e. The third-order valence-corrected chi connectivity index (χ3v) is 5.02. The largest absolute Gasteiger partial charge is 0.271 e. The van der Waals surface area contributed by atoms with Gasteiger partial charge in [0.05, 0.1) is 0 Å². The topological polar surface area (TPSA) is 38.0 Å². The summed E-state index contributed by atoms with van der Waals surface area (Å²) >= 11 is 2.06. The molecule has 2 unspecified atom stereocenters. The van der Waals surface area contributed by atoms with E-state index in [1.54, 1.807) is 0 Å². The highest BCUT2D eigenvalue weighted by molar-refractivity contribution is 7.99. The van der Waals surface area contributed by atoms with Crippen molar-refractivity contribution in [2.75, 3.05) is 5.75 Å². The second kappa shape index (κ2) is 7.53. The molecule has 1 saturated carbocycles. The molecule has 0 saturated heterocycles. The quantitative estimate of drug-likeness (QED) is 0.544. The fourth-order valence-electron chi connectivity index (χ4n) is 2.24. The Morgan fingerprint density at radius 1 is 1.33 bits per heavy atom. The van der Waals surface area contributed by atoms with Gasteiger partial charge in [-0.25, -0.2) is 0 Å². The predicted octanol–water partition coefficient (Wildman–Crippen LogP) is 2.93. The van der Waals surface area contributed by atoms with Crippen LogP contribution in [0.4, 0.5) is 0 Å². The normalized spacial score (nSPS) is 22.6. The van der Waals surface area contributed by atoms with Gasteiger partial charge in [0, 0.05) is 17.0 Å². The Morgan fingerprint density at radius 3 is 2.53 bits per heavy atom. The van der Waals surface area contributed by atoms with E-state index < -0.39 is 0 Å². The molecule has 0 aliphatic heterocycles. The maximum absolute atomic E-state index is 5.67. The lowest BCUT2D eigenvalue weighted by Crippen LogP contribution is -2.43. The van der Waals surface area contributed by atoms with Crippen LogP contribution in [0, 0.1) is 5.92 Å². The van der Waals surface area contributed by atoms with E-state index >= 15 is 0 Å². The summed E-state index contributed by atoms with van der Waals surface area (Å²) < 4.78 is 0. The summed E-state index contributed by atoms with van der Waals surface area (Å²) in [6, 6.07) is 0.532. The summed E-state index contributed by atoms with van der Waals surface area (Å²) in [6.45, 7) is 4.56. The van der Waals surface area contributed by atoms with Gasteiger partial charge in [0.2, 0.25) is 0 Å². The number of hydrogen-bond donors (Lipinski definition) is 2. The molecule has 1 aliphatic carbocycles. The van der Waals surface area contributed by atoms with Crippen LogP contribution < -0.4 is 11.3 Å². The molecule has 0 heterocycles. The maximum Gasteiger partial charge on any atom is 0.0329 e. The van der Waals surface area contributed by atoms with Crippen molar-refractivity contribution in [1.29, 1.82) is 0 Å². The lowest BCUT2D eigenvalue weighted by molar-refractivity contribution is 0.287.